The first-order chi connectivity index (χ1) is 6.63. The number of carbonyl (C=O) groups excluding carboxylic acids is 1. The summed E-state index contributed by atoms with van der Waals surface area (Å²) in [6.07, 6.45) is 1.72. The van der Waals surface area contributed by atoms with Gasteiger partial charge in [0.2, 0.25) is 0 Å². The van der Waals surface area contributed by atoms with Gasteiger partial charge in [0.15, 0.2) is 0 Å². The molecule has 14 heavy (non-hydrogen) atoms. The number of halogens is 1. The number of allylic oxidation sites excluding steroid dienone is 1. The topological polar surface area (TPSA) is 29.1 Å². The van der Waals surface area contributed by atoms with Crippen molar-refractivity contribution in [3.8, 4) is 0 Å². The number of benzene rings is 1. The van der Waals surface area contributed by atoms with Crippen molar-refractivity contribution in [3.63, 3.8) is 0 Å². The molecule has 1 rings (SSSR count). The number of nitrogens with one attached hydrogen (secondary N) is 1. The lowest BCUT2D eigenvalue weighted by Crippen LogP contribution is -2.12. The lowest BCUT2D eigenvalue weighted by atomic mass is 10.2. The third kappa shape index (κ3) is 2.69. The van der Waals surface area contributed by atoms with Crippen molar-refractivity contribution < 1.29 is 9.18 Å². The molecule has 0 aliphatic carbocycles. The Morgan fingerprint density at radius 1 is 1.36 bits per heavy atom. The van der Waals surface area contributed by atoms with E-state index in [0.717, 1.165) is 0 Å². The lowest BCUT2D eigenvalue weighted by Gasteiger charge is -2.04. The van der Waals surface area contributed by atoms with Crippen molar-refractivity contribution >= 4 is 11.6 Å². The minimum absolute atomic E-state index is 0.167. The molecule has 1 N–H and O–H groups in total. The van der Waals surface area contributed by atoms with Crippen LogP contribution in [0, 0.1) is 5.82 Å². The van der Waals surface area contributed by atoms with E-state index in [1.807, 2.05) is 0 Å². The Morgan fingerprint density at radius 3 is 2.43 bits per heavy atom. The smallest absolute Gasteiger partial charge is 0.250 e. The zero-order valence-corrected chi connectivity index (χ0v) is 8.17. The van der Waals surface area contributed by atoms with Crippen molar-refractivity contribution in [2.45, 2.75) is 13.8 Å². The second-order valence-electron chi connectivity index (χ2n) is 2.93. The Morgan fingerprint density at radius 2 is 1.93 bits per heavy atom. The Labute approximate surface area is 82.4 Å². The summed E-state index contributed by atoms with van der Waals surface area (Å²) in [6.45, 7) is 3.51. The lowest BCUT2D eigenvalue weighted by molar-refractivity contribution is -0.112. The molecule has 1 amide bonds. The van der Waals surface area contributed by atoms with Crippen LogP contribution in [0.15, 0.2) is 35.9 Å². The summed E-state index contributed by atoms with van der Waals surface area (Å²) >= 11 is 0. The predicted molar refractivity (Wildman–Crippen MR) is 54.5 cm³/mol. The van der Waals surface area contributed by atoms with Crippen molar-refractivity contribution in [1.82, 2.24) is 0 Å². The molecule has 0 saturated carbocycles. The molecule has 2 nitrogen and oxygen atoms in total. The highest BCUT2D eigenvalue weighted by Gasteiger charge is 2.02. The minimum atomic E-state index is -0.314. The third-order valence-electron chi connectivity index (χ3n) is 1.89. The molecule has 0 radical (unpaired) electrons. The Hall–Kier alpha value is -1.64. The molecule has 0 aliphatic rings. The predicted octanol–water partition coefficient (Wildman–Crippen LogP) is 2.73. The van der Waals surface area contributed by atoms with Crippen molar-refractivity contribution in [2.24, 2.45) is 0 Å². The zero-order valence-electron chi connectivity index (χ0n) is 8.17. The van der Waals surface area contributed by atoms with Gasteiger partial charge in [-0.05, 0) is 38.1 Å². The van der Waals surface area contributed by atoms with Crippen molar-refractivity contribution in [2.75, 3.05) is 5.32 Å². The number of hydrogen-bond donors (Lipinski definition) is 1. The fourth-order valence-corrected chi connectivity index (χ4v) is 0.894. The van der Waals surface area contributed by atoms with Gasteiger partial charge in [-0.3, -0.25) is 4.79 Å². The van der Waals surface area contributed by atoms with E-state index in [1.165, 1.54) is 24.3 Å². The van der Waals surface area contributed by atoms with Gasteiger partial charge in [-0.25, -0.2) is 4.39 Å². The number of carbonyl (C=O) groups is 1. The maximum Gasteiger partial charge on any atom is 0.250 e. The summed E-state index contributed by atoms with van der Waals surface area (Å²) in [5, 5.41) is 2.65. The zero-order chi connectivity index (χ0) is 10.6. The Balaban J connectivity index is 2.70. The average Bonchev–Trinajstić information content (AvgIpc) is 2.20. The molecule has 0 saturated heterocycles. The van der Waals surface area contributed by atoms with Gasteiger partial charge < -0.3 is 5.32 Å². The quantitative estimate of drug-likeness (QED) is 0.719. The van der Waals surface area contributed by atoms with Crippen LogP contribution in [0.1, 0.15) is 13.8 Å². The van der Waals surface area contributed by atoms with E-state index in [1.54, 1.807) is 19.9 Å². The third-order valence-corrected chi connectivity index (χ3v) is 1.89. The maximum absolute atomic E-state index is 12.5. The molecule has 74 valence electrons. The summed E-state index contributed by atoms with van der Waals surface area (Å²) in [5.74, 6) is -0.482. The van der Waals surface area contributed by atoms with Crippen LogP contribution >= 0.6 is 0 Å². The highest BCUT2D eigenvalue weighted by atomic mass is 19.1. The summed E-state index contributed by atoms with van der Waals surface area (Å²) in [5.41, 5.74) is 1.23. The van der Waals surface area contributed by atoms with Gasteiger partial charge in [-0.2, -0.15) is 0 Å². The first kappa shape index (κ1) is 10.4. The van der Waals surface area contributed by atoms with Gasteiger partial charge in [-0.15, -0.1) is 0 Å². The number of anilines is 1. The molecule has 0 atom stereocenters. The second kappa shape index (κ2) is 4.56. The summed E-state index contributed by atoms with van der Waals surface area (Å²) in [4.78, 5) is 11.4. The first-order valence-electron chi connectivity index (χ1n) is 4.33. The van der Waals surface area contributed by atoms with E-state index >= 15 is 0 Å². The molecule has 1 aromatic rings. The minimum Gasteiger partial charge on any atom is -0.322 e. The molecule has 0 aromatic heterocycles. The van der Waals surface area contributed by atoms with Gasteiger partial charge in [0.1, 0.15) is 5.82 Å². The number of hydrogen-bond acceptors (Lipinski definition) is 1. The van der Waals surface area contributed by atoms with E-state index in [-0.39, 0.29) is 11.7 Å². The first-order valence-corrected chi connectivity index (χ1v) is 4.33. The van der Waals surface area contributed by atoms with Crippen molar-refractivity contribution in [3.05, 3.63) is 41.7 Å². The molecule has 0 bridgehead atoms. The van der Waals surface area contributed by atoms with E-state index < -0.39 is 0 Å². The normalized spacial score (nSPS) is 11.2. The van der Waals surface area contributed by atoms with E-state index in [2.05, 4.69) is 5.32 Å². The summed E-state index contributed by atoms with van der Waals surface area (Å²) in [6, 6.07) is 5.66. The molecular weight excluding hydrogens is 181 g/mol. The highest BCUT2D eigenvalue weighted by Crippen LogP contribution is 2.09. The molecular formula is C11H12FNO. The second-order valence-corrected chi connectivity index (χ2v) is 2.93. The number of rotatable bonds is 2. The molecule has 0 heterocycles. The summed E-state index contributed by atoms with van der Waals surface area (Å²) in [7, 11) is 0. The molecule has 3 heteroatoms. The molecule has 0 fully saturated rings. The van der Waals surface area contributed by atoms with Crippen LogP contribution in [0.25, 0.3) is 0 Å². The molecule has 0 unspecified atom stereocenters. The highest BCUT2D eigenvalue weighted by molar-refractivity contribution is 6.03. The van der Waals surface area contributed by atoms with Gasteiger partial charge in [0, 0.05) is 11.3 Å². The fraction of sp³-hybridized carbons (Fsp3) is 0.182. The van der Waals surface area contributed by atoms with Gasteiger partial charge in [0.05, 0.1) is 0 Å². The van der Waals surface area contributed by atoms with Crippen LogP contribution < -0.4 is 5.32 Å². The van der Waals surface area contributed by atoms with Crippen LogP contribution in [0.5, 0.6) is 0 Å². The van der Waals surface area contributed by atoms with Crippen LogP contribution in [0.2, 0.25) is 0 Å². The van der Waals surface area contributed by atoms with Gasteiger partial charge in [-0.1, -0.05) is 6.08 Å². The van der Waals surface area contributed by atoms with Crippen LogP contribution in [0.4, 0.5) is 10.1 Å². The Kier molecular flexibility index (Phi) is 3.40. The Bertz CT molecular complexity index is 354. The molecule has 0 aliphatic heterocycles. The maximum atomic E-state index is 12.5. The SMILES string of the molecule is CC=C(C)C(=O)Nc1ccc(F)cc1. The average molecular weight is 193 g/mol. The largest absolute Gasteiger partial charge is 0.322 e. The fourth-order valence-electron chi connectivity index (χ4n) is 0.894. The monoisotopic (exact) mass is 193 g/mol. The van der Waals surface area contributed by atoms with Crippen LogP contribution in [-0.4, -0.2) is 5.91 Å². The number of amides is 1. The van der Waals surface area contributed by atoms with E-state index in [4.69, 9.17) is 0 Å². The van der Waals surface area contributed by atoms with Gasteiger partial charge in [0.25, 0.3) is 5.91 Å². The van der Waals surface area contributed by atoms with Crippen LogP contribution in [-0.2, 0) is 4.79 Å². The van der Waals surface area contributed by atoms with Gasteiger partial charge >= 0.3 is 0 Å². The standard InChI is InChI=1S/C11H12FNO/c1-3-8(2)11(14)13-10-6-4-9(12)5-7-10/h3-7H,1-2H3,(H,13,14). The molecule has 0 spiro atoms. The molecule has 1 aromatic carbocycles. The van der Waals surface area contributed by atoms with Crippen LogP contribution in [0.3, 0.4) is 0 Å². The van der Waals surface area contributed by atoms with Crippen molar-refractivity contribution in [1.29, 1.82) is 0 Å². The summed E-state index contributed by atoms with van der Waals surface area (Å²) < 4.78 is 12.5. The van der Waals surface area contributed by atoms with E-state index in [9.17, 15) is 9.18 Å². The van der Waals surface area contributed by atoms with E-state index in [0.29, 0.717) is 11.3 Å².